The van der Waals surface area contributed by atoms with Crippen molar-refractivity contribution in [2.45, 2.75) is 31.8 Å². The number of carbonyl (C=O) groups is 1. The number of rotatable bonds is 5. The summed E-state index contributed by atoms with van der Waals surface area (Å²) in [5.41, 5.74) is 2.27. The second-order valence-corrected chi connectivity index (χ2v) is 5.33. The van der Waals surface area contributed by atoms with Crippen LogP contribution in [0.3, 0.4) is 0 Å². The van der Waals surface area contributed by atoms with E-state index in [0.717, 1.165) is 16.6 Å². The van der Waals surface area contributed by atoms with Crippen LogP contribution in [-0.4, -0.2) is 28.5 Å². The van der Waals surface area contributed by atoms with Gasteiger partial charge in [-0.15, -0.1) is 0 Å². The molecule has 1 saturated carbocycles. The van der Waals surface area contributed by atoms with E-state index in [1.165, 1.54) is 12.8 Å². The summed E-state index contributed by atoms with van der Waals surface area (Å²) >= 11 is 0. The fourth-order valence-corrected chi connectivity index (χ4v) is 2.22. The molecule has 4 N–H and O–H groups in total. The Morgan fingerprint density at radius 1 is 1.35 bits per heavy atom. The molecule has 0 spiro atoms. The van der Waals surface area contributed by atoms with Crippen molar-refractivity contribution in [1.82, 2.24) is 20.6 Å². The highest BCUT2D eigenvalue weighted by Crippen LogP contribution is 2.18. The van der Waals surface area contributed by atoms with E-state index in [4.69, 9.17) is 0 Å². The van der Waals surface area contributed by atoms with E-state index in [1.807, 2.05) is 25.1 Å². The van der Waals surface area contributed by atoms with E-state index in [-0.39, 0.29) is 17.6 Å². The van der Waals surface area contributed by atoms with Gasteiger partial charge in [0, 0.05) is 6.04 Å². The molecular weight excluding hydrogens is 256 g/mol. The van der Waals surface area contributed by atoms with E-state index < -0.39 is 0 Å². The Hall–Kier alpha value is -2.08. The quantitative estimate of drug-likeness (QED) is 0.649. The Kier molecular flexibility index (Phi) is 3.31. The fourth-order valence-electron chi connectivity index (χ4n) is 2.22. The van der Waals surface area contributed by atoms with E-state index in [9.17, 15) is 9.59 Å². The summed E-state index contributed by atoms with van der Waals surface area (Å²) < 4.78 is 0. The number of hydrogen-bond donors (Lipinski definition) is 4. The van der Waals surface area contributed by atoms with Gasteiger partial charge in [0.25, 0.3) is 0 Å². The topological polar surface area (TPSA) is 89.8 Å². The van der Waals surface area contributed by atoms with E-state index in [2.05, 4.69) is 20.6 Å². The summed E-state index contributed by atoms with van der Waals surface area (Å²) in [5, 5.41) is 6.13. The number of carbonyl (C=O) groups excluding carboxylic acids is 1. The van der Waals surface area contributed by atoms with Gasteiger partial charge in [-0.25, -0.2) is 4.79 Å². The van der Waals surface area contributed by atoms with Gasteiger partial charge < -0.3 is 20.6 Å². The average molecular weight is 274 g/mol. The van der Waals surface area contributed by atoms with Crippen LogP contribution in [0.4, 0.5) is 0 Å². The molecule has 1 aromatic heterocycles. The molecule has 0 radical (unpaired) electrons. The van der Waals surface area contributed by atoms with Gasteiger partial charge in [0.15, 0.2) is 0 Å². The van der Waals surface area contributed by atoms with Crippen LogP contribution in [0.15, 0.2) is 23.0 Å². The van der Waals surface area contributed by atoms with Gasteiger partial charge in [0.05, 0.1) is 23.6 Å². The van der Waals surface area contributed by atoms with Crippen LogP contribution in [0.25, 0.3) is 11.0 Å². The van der Waals surface area contributed by atoms with Crippen LogP contribution in [0.5, 0.6) is 0 Å². The summed E-state index contributed by atoms with van der Waals surface area (Å²) in [5.74, 6) is -0.00735. The number of fused-ring (bicyclic) bond motifs is 1. The second-order valence-electron chi connectivity index (χ2n) is 5.33. The van der Waals surface area contributed by atoms with Crippen molar-refractivity contribution in [3.05, 3.63) is 34.2 Å². The van der Waals surface area contributed by atoms with Gasteiger partial charge in [-0.2, -0.15) is 0 Å². The molecule has 1 atom stereocenters. The molecule has 1 aliphatic rings. The minimum absolute atomic E-state index is 0.00735. The van der Waals surface area contributed by atoms with Crippen molar-refractivity contribution in [3.8, 4) is 0 Å². The summed E-state index contributed by atoms with van der Waals surface area (Å²) in [4.78, 5) is 28.4. The number of imidazole rings is 1. The van der Waals surface area contributed by atoms with Crippen molar-refractivity contribution in [2.24, 2.45) is 0 Å². The summed E-state index contributed by atoms with van der Waals surface area (Å²) in [6.45, 7) is 2.29. The smallest absolute Gasteiger partial charge is 0.323 e. The van der Waals surface area contributed by atoms with Crippen LogP contribution < -0.4 is 16.3 Å². The molecule has 6 nitrogen and oxygen atoms in total. The minimum Gasteiger partial charge on any atom is -0.348 e. The number of nitrogens with one attached hydrogen (secondary N) is 4. The molecule has 1 heterocycles. The van der Waals surface area contributed by atoms with Crippen molar-refractivity contribution >= 4 is 16.9 Å². The Labute approximate surface area is 116 Å². The highest BCUT2D eigenvalue weighted by molar-refractivity contribution is 5.79. The Balaban J connectivity index is 1.65. The molecule has 0 bridgehead atoms. The zero-order valence-electron chi connectivity index (χ0n) is 11.3. The predicted octanol–water partition coefficient (Wildman–Crippen LogP) is 0.785. The first-order valence-corrected chi connectivity index (χ1v) is 6.86. The summed E-state index contributed by atoms with van der Waals surface area (Å²) in [7, 11) is 0. The monoisotopic (exact) mass is 274 g/mol. The van der Waals surface area contributed by atoms with Gasteiger partial charge in [0.2, 0.25) is 5.91 Å². The molecule has 1 unspecified atom stereocenters. The standard InChI is InChI=1S/C14H18N4O2/c1-8(16-13(19)7-15-10-3-4-10)9-2-5-11-12(6-9)18-14(20)17-11/h2,5-6,8,10,15H,3-4,7H2,1H3,(H,16,19)(H2,17,18,20). The van der Waals surface area contributed by atoms with Crippen LogP contribution >= 0.6 is 0 Å². The first-order valence-electron chi connectivity index (χ1n) is 6.86. The second kappa shape index (κ2) is 5.13. The van der Waals surface area contributed by atoms with Gasteiger partial charge in [-0.3, -0.25) is 4.79 Å². The third kappa shape index (κ3) is 2.91. The molecule has 0 saturated heterocycles. The maximum absolute atomic E-state index is 11.8. The highest BCUT2D eigenvalue weighted by Gasteiger charge is 2.21. The molecule has 6 heteroatoms. The molecule has 1 fully saturated rings. The lowest BCUT2D eigenvalue weighted by atomic mass is 10.1. The third-order valence-electron chi connectivity index (χ3n) is 3.55. The first-order chi connectivity index (χ1) is 9.61. The maximum atomic E-state index is 11.8. The molecule has 2 aromatic rings. The summed E-state index contributed by atoms with van der Waals surface area (Å²) in [6.07, 6.45) is 2.33. The van der Waals surface area contributed by atoms with Gasteiger partial charge in [-0.1, -0.05) is 6.07 Å². The number of aromatic nitrogens is 2. The van der Waals surface area contributed by atoms with Crippen molar-refractivity contribution in [1.29, 1.82) is 0 Å². The zero-order valence-corrected chi connectivity index (χ0v) is 11.3. The molecule has 1 aromatic carbocycles. The van der Waals surface area contributed by atoms with E-state index in [1.54, 1.807) is 0 Å². The van der Waals surface area contributed by atoms with Gasteiger partial charge >= 0.3 is 5.69 Å². The van der Waals surface area contributed by atoms with Crippen molar-refractivity contribution in [2.75, 3.05) is 6.54 Å². The number of hydrogen-bond acceptors (Lipinski definition) is 3. The normalized spacial score (nSPS) is 16.2. The highest BCUT2D eigenvalue weighted by atomic mass is 16.2. The zero-order chi connectivity index (χ0) is 14.1. The predicted molar refractivity (Wildman–Crippen MR) is 76.5 cm³/mol. The lowest BCUT2D eigenvalue weighted by Gasteiger charge is -2.14. The lowest BCUT2D eigenvalue weighted by Crippen LogP contribution is -2.36. The van der Waals surface area contributed by atoms with Crippen molar-refractivity contribution in [3.63, 3.8) is 0 Å². The van der Waals surface area contributed by atoms with Crippen molar-refractivity contribution < 1.29 is 4.79 Å². The maximum Gasteiger partial charge on any atom is 0.323 e. The first kappa shape index (κ1) is 12.9. The number of benzene rings is 1. The molecule has 3 rings (SSSR count). The Morgan fingerprint density at radius 3 is 2.85 bits per heavy atom. The molecular formula is C14H18N4O2. The Bertz CT molecular complexity index is 684. The average Bonchev–Trinajstić information content (AvgIpc) is 3.16. The van der Waals surface area contributed by atoms with E-state index in [0.29, 0.717) is 12.6 Å². The minimum atomic E-state index is -0.220. The third-order valence-corrected chi connectivity index (χ3v) is 3.55. The SMILES string of the molecule is CC(NC(=O)CNC1CC1)c1ccc2[nH]c(=O)[nH]c2c1. The molecule has 1 aliphatic carbocycles. The van der Waals surface area contributed by atoms with Crippen LogP contribution in [0.1, 0.15) is 31.4 Å². The van der Waals surface area contributed by atoms with Crippen LogP contribution in [0, 0.1) is 0 Å². The van der Waals surface area contributed by atoms with Gasteiger partial charge in [-0.05, 0) is 37.5 Å². The summed E-state index contributed by atoms with van der Waals surface area (Å²) in [6, 6.07) is 6.06. The number of aromatic amines is 2. The number of amides is 1. The Morgan fingerprint density at radius 2 is 2.10 bits per heavy atom. The fraction of sp³-hybridized carbons (Fsp3) is 0.429. The molecule has 1 amide bonds. The molecule has 106 valence electrons. The van der Waals surface area contributed by atoms with Gasteiger partial charge in [0.1, 0.15) is 0 Å². The number of H-pyrrole nitrogens is 2. The van der Waals surface area contributed by atoms with Crippen LogP contribution in [-0.2, 0) is 4.79 Å². The lowest BCUT2D eigenvalue weighted by molar-refractivity contribution is -0.120. The molecule has 20 heavy (non-hydrogen) atoms. The molecule has 0 aliphatic heterocycles. The van der Waals surface area contributed by atoms with Crippen LogP contribution in [0.2, 0.25) is 0 Å². The van der Waals surface area contributed by atoms with E-state index >= 15 is 0 Å². The largest absolute Gasteiger partial charge is 0.348 e.